The molecule has 3 rings (SSSR count). The largest absolute Gasteiger partial charge is 0.369 e. The molecule has 7 heteroatoms. The van der Waals surface area contributed by atoms with Crippen LogP contribution in [0.4, 0.5) is 10.8 Å². The van der Waals surface area contributed by atoms with E-state index < -0.39 is 0 Å². The lowest BCUT2D eigenvalue weighted by atomic mass is 10.2. The molecule has 2 heterocycles. The summed E-state index contributed by atoms with van der Waals surface area (Å²) < 4.78 is 0. The van der Waals surface area contributed by atoms with Crippen molar-refractivity contribution in [1.82, 2.24) is 9.88 Å². The van der Waals surface area contributed by atoms with Gasteiger partial charge >= 0.3 is 0 Å². The van der Waals surface area contributed by atoms with Gasteiger partial charge in [0, 0.05) is 48.0 Å². The second-order valence-corrected chi connectivity index (χ2v) is 7.24. The number of amides is 1. The number of carbonyl (C=O) groups excluding carboxylic acids is 1. The molecule has 0 bridgehead atoms. The Labute approximate surface area is 144 Å². The highest BCUT2D eigenvalue weighted by atomic mass is 35.5. The van der Waals surface area contributed by atoms with Gasteiger partial charge in [0.1, 0.15) is 0 Å². The number of carbonyl (C=O) groups is 1. The van der Waals surface area contributed by atoms with E-state index in [1.807, 2.05) is 25.1 Å². The molecule has 0 unspecified atom stereocenters. The van der Waals surface area contributed by atoms with Gasteiger partial charge in [-0.25, -0.2) is 4.98 Å². The summed E-state index contributed by atoms with van der Waals surface area (Å²) in [5.74, 6) is -0.00412. The lowest BCUT2D eigenvalue weighted by Crippen LogP contribution is -2.48. The number of hydrogen-bond acceptors (Lipinski definition) is 5. The molecule has 5 nitrogen and oxygen atoms in total. The zero-order valence-electron chi connectivity index (χ0n) is 13.0. The highest BCUT2D eigenvalue weighted by Crippen LogP contribution is 2.21. The predicted molar refractivity (Wildman–Crippen MR) is 95.6 cm³/mol. The summed E-state index contributed by atoms with van der Waals surface area (Å²) in [4.78, 5) is 21.8. The van der Waals surface area contributed by atoms with Crippen LogP contribution >= 0.6 is 22.9 Å². The molecule has 1 aliphatic rings. The topological polar surface area (TPSA) is 48.5 Å². The first-order chi connectivity index (χ1) is 11.1. The van der Waals surface area contributed by atoms with Gasteiger partial charge in [0.05, 0.1) is 6.54 Å². The molecule has 122 valence electrons. The van der Waals surface area contributed by atoms with E-state index in [9.17, 15) is 4.79 Å². The van der Waals surface area contributed by atoms with Crippen molar-refractivity contribution in [1.29, 1.82) is 0 Å². The smallest absolute Gasteiger partial charge is 0.240 e. The molecule has 0 atom stereocenters. The molecule has 0 saturated carbocycles. The Kier molecular flexibility index (Phi) is 5.15. The molecule has 0 aliphatic carbocycles. The van der Waals surface area contributed by atoms with Crippen LogP contribution in [0.25, 0.3) is 0 Å². The summed E-state index contributed by atoms with van der Waals surface area (Å²) in [6.07, 6.45) is 1.77. The highest BCUT2D eigenvalue weighted by molar-refractivity contribution is 7.15. The van der Waals surface area contributed by atoms with Crippen molar-refractivity contribution in [3.05, 3.63) is 40.4 Å². The maximum absolute atomic E-state index is 12.1. The average molecular weight is 351 g/mol. The van der Waals surface area contributed by atoms with Crippen LogP contribution in [0.5, 0.6) is 0 Å². The maximum atomic E-state index is 12.1. The number of nitrogens with zero attached hydrogens (tertiary/aromatic N) is 3. The van der Waals surface area contributed by atoms with E-state index in [-0.39, 0.29) is 5.91 Å². The lowest BCUT2D eigenvalue weighted by molar-refractivity contribution is -0.117. The monoisotopic (exact) mass is 350 g/mol. The number of piperazine rings is 1. The van der Waals surface area contributed by atoms with Gasteiger partial charge in [-0.15, -0.1) is 11.3 Å². The number of aromatic nitrogens is 1. The van der Waals surface area contributed by atoms with Crippen LogP contribution in [0, 0.1) is 6.92 Å². The highest BCUT2D eigenvalue weighted by Gasteiger charge is 2.19. The van der Waals surface area contributed by atoms with Crippen molar-refractivity contribution < 1.29 is 4.79 Å². The second kappa shape index (κ2) is 7.29. The Morgan fingerprint density at radius 2 is 2.13 bits per heavy atom. The number of aryl methyl sites for hydroxylation is 1. The molecule has 23 heavy (non-hydrogen) atoms. The minimum Gasteiger partial charge on any atom is -0.369 e. The van der Waals surface area contributed by atoms with E-state index in [0.717, 1.165) is 41.8 Å². The summed E-state index contributed by atoms with van der Waals surface area (Å²) in [6.45, 7) is 5.88. The quantitative estimate of drug-likeness (QED) is 0.921. The molecule has 1 saturated heterocycles. The fraction of sp³-hybridized carbons (Fsp3) is 0.375. The maximum Gasteiger partial charge on any atom is 0.240 e. The van der Waals surface area contributed by atoms with Gasteiger partial charge in [-0.05, 0) is 25.1 Å². The third-order valence-electron chi connectivity index (χ3n) is 3.78. The number of nitrogens with one attached hydrogen (secondary N) is 1. The number of rotatable bonds is 4. The number of hydrogen-bond donors (Lipinski definition) is 1. The molecule has 1 N–H and O–H groups in total. The van der Waals surface area contributed by atoms with Crippen LogP contribution in [0.15, 0.2) is 30.5 Å². The number of thiazole rings is 1. The van der Waals surface area contributed by atoms with E-state index in [0.29, 0.717) is 11.7 Å². The van der Waals surface area contributed by atoms with E-state index in [4.69, 9.17) is 11.6 Å². The van der Waals surface area contributed by atoms with Gasteiger partial charge in [-0.1, -0.05) is 17.7 Å². The summed E-state index contributed by atoms with van der Waals surface area (Å²) in [5.41, 5.74) is 1.14. The molecule has 1 aromatic heterocycles. The Morgan fingerprint density at radius 1 is 1.35 bits per heavy atom. The third-order valence-corrected chi connectivity index (χ3v) is 4.84. The summed E-state index contributed by atoms with van der Waals surface area (Å²) >= 11 is 7.54. The van der Waals surface area contributed by atoms with Crippen LogP contribution < -0.4 is 10.2 Å². The molecule has 2 aromatic rings. The molecule has 1 amide bonds. The van der Waals surface area contributed by atoms with Crippen molar-refractivity contribution >= 4 is 39.7 Å². The zero-order chi connectivity index (χ0) is 16.2. The minimum absolute atomic E-state index is 0.00412. The zero-order valence-corrected chi connectivity index (χ0v) is 14.5. The Bertz CT molecular complexity index is 682. The first-order valence-electron chi connectivity index (χ1n) is 7.55. The molecule has 1 fully saturated rings. The third kappa shape index (κ3) is 4.43. The first kappa shape index (κ1) is 16.2. The fourth-order valence-electron chi connectivity index (χ4n) is 2.61. The first-order valence-corrected chi connectivity index (χ1v) is 8.75. The Hall–Kier alpha value is -1.63. The number of anilines is 2. The van der Waals surface area contributed by atoms with Gasteiger partial charge in [0.2, 0.25) is 5.91 Å². The average Bonchev–Trinajstić information content (AvgIpc) is 2.93. The summed E-state index contributed by atoms with van der Waals surface area (Å²) in [7, 11) is 0. The Balaban J connectivity index is 1.48. The number of halogens is 1. The molecule has 0 spiro atoms. The van der Waals surface area contributed by atoms with Gasteiger partial charge in [0.25, 0.3) is 0 Å². The van der Waals surface area contributed by atoms with Crippen LogP contribution in [-0.2, 0) is 4.79 Å². The van der Waals surface area contributed by atoms with Gasteiger partial charge in [-0.2, -0.15) is 0 Å². The normalized spacial score (nSPS) is 15.7. The molecule has 1 aromatic carbocycles. The van der Waals surface area contributed by atoms with Crippen molar-refractivity contribution in [3.8, 4) is 0 Å². The minimum atomic E-state index is -0.00412. The van der Waals surface area contributed by atoms with Crippen molar-refractivity contribution in [2.45, 2.75) is 6.92 Å². The van der Waals surface area contributed by atoms with Crippen molar-refractivity contribution in [2.75, 3.05) is 42.9 Å². The standard InChI is InChI=1S/C16H19ClN4OS/c1-12-10-18-16(23-12)19-15(22)11-20-5-7-21(8-6-20)14-4-2-3-13(17)9-14/h2-4,9-10H,5-8,11H2,1H3,(H,18,19,22). The van der Waals surface area contributed by atoms with Crippen LogP contribution in [0.2, 0.25) is 5.02 Å². The number of benzene rings is 1. The summed E-state index contributed by atoms with van der Waals surface area (Å²) in [6, 6.07) is 7.90. The van der Waals surface area contributed by atoms with Gasteiger partial charge in [0.15, 0.2) is 5.13 Å². The SMILES string of the molecule is Cc1cnc(NC(=O)CN2CCN(c3cccc(Cl)c3)CC2)s1. The molecular weight excluding hydrogens is 332 g/mol. The predicted octanol–water partition coefficient (Wildman–Crippen LogP) is 2.87. The lowest BCUT2D eigenvalue weighted by Gasteiger charge is -2.35. The van der Waals surface area contributed by atoms with E-state index >= 15 is 0 Å². The Morgan fingerprint density at radius 3 is 2.78 bits per heavy atom. The van der Waals surface area contributed by atoms with E-state index in [1.165, 1.54) is 11.3 Å². The molecule has 0 radical (unpaired) electrons. The second-order valence-electron chi connectivity index (χ2n) is 5.57. The van der Waals surface area contributed by atoms with Gasteiger partial charge < -0.3 is 10.2 Å². The van der Waals surface area contributed by atoms with Gasteiger partial charge in [-0.3, -0.25) is 9.69 Å². The van der Waals surface area contributed by atoms with Crippen molar-refractivity contribution in [3.63, 3.8) is 0 Å². The van der Waals surface area contributed by atoms with E-state index in [2.05, 4.69) is 26.2 Å². The fourth-order valence-corrected chi connectivity index (χ4v) is 3.48. The molecule has 1 aliphatic heterocycles. The van der Waals surface area contributed by atoms with Crippen molar-refractivity contribution in [2.24, 2.45) is 0 Å². The summed E-state index contributed by atoms with van der Waals surface area (Å²) in [5, 5.41) is 4.28. The van der Waals surface area contributed by atoms with E-state index in [1.54, 1.807) is 6.20 Å². The van der Waals surface area contributed by atoms with Crippen LogP contribution in [-0.4, -0.2) is 48.5 Å². The molecular formula is C16H19ClN4OS. The van der Waals surface area contributed by atoms with Crippen LogP contribution in [0.1, 0.15) is 4.88 Å². The van der Waals surface area contributed by atoms with Crippen LogP contribution in [0.3, 0.4) is 0 Å².